The first-order valence-electron chi connectivity index (χ1n) is 6.06. The van der Waals surface area contributed by atoms with Gasteiger partial charge in [0, 0.05) is 0 Å². The molecule has 0 bridgehead atoms. The van der Waals surface area contributed by atoms with Crippen molar-refractivity contribution in [2.75, 3.05) is 0 Å². The summed E-state index contributed by atoms with van der Waals surface area (Å²) in [5.74, 6) is -0.357. The van der Waals surface area contributed by atoms with Gasteiger partial charge in [0.05, 0.1) is 24.3 Å². The van der Waals surface area contributed by atoms with Gasteiger partial charge in [-0.3, -0.25) is 0 Å². The molecule has 0 saturated carbocycles. The topological polar surface area (TPSA) is 33.0 Å². The summed E-state index contributed by atoms with van der Waals surface area (Å²) in [4.78, 5) is 0. The molecular weight excluding hydrogens is 241 g/mol. The van der Waals surface area contributed by atoms with Gasteiger partial charge in [-0.1, -0.05) is 30.3 Å². The first-order chi connectivity index (χ1) is 9.20. The Labute approximate surface area is 112 Å². The highest BCUT2D eigenvalue weighted by Crippen LogP contribution is 2.19. The van der Waals surface area contributed by atoms with Crippen LogP contribution in [0.3, 0.4) is 0 Å². The summed E-state index contributed by atoms with van der Waals surface area (Å²) in [5, 5.41) is 8.96. The molecule has 2 nitrogen and oxygen atoms in total. The fourth-order valence-electron chi connectivity index (χ4n) is 1.83. The Balaban J connectivity index is 2.07. The van der Waals surface area contributed by atoms with Gasteiger partial charge in [-0.15, -0.1) is 0 Å². The first-order valence-corrected chi connectivity index (χ1v) is 6.06. The van der Waals surface area contributed by atoms with Crippen molar-refractivity contribution in [1.82, 2.24) is 0 Å². The molecule has 1 unspecified atom stereocenters. The fraction of sp³-hybridized carbons (Fsp3) is 0.188. The third-order valence-electron chi connectivity index (χ3n) is 2.95. The maximum Gasteiger partial charge on any atom is 0.123 e. The van der Waals surface area contributed by atoms with Gasteiger partial charge in [-0.25, -0.2) is 4.39 Å². The molecule has 0 spiro atoms. The van der Waals surface area contributed by atoms with Crippen LogP contribution in [0, 0.1) is 17.1 Å². The average Bonchev–Trinajstić information content (AvgIpc) is 2.46. The van der Waals surface area contributed by atoms with Crippen molar-refractivity contribution in [2.45, 2.75) is 19.6 Å². The highest BCUT2D eigenvalue weighted by atomic mass is 19.1. The van der Waals surface area contributed by atoms with E-state index < -0.39 is 0 Å². The summed E-state index contributed by atoms with van der Waals surface area (Å²) in [6, 6.07) is 15.9. The van der Waals surface area contributed by atoms with E-state index in [1.807, 2.05) is 43.3 Å². The molecule has 0 fully saturated rings. The van der Waals surface area contributed by atoms with Crippen molar-refractivity contribution >= 4 is 0 Å². The molecule has 0 heterocycles. The molecule has 0 N–H and O–H groups in total. The summed E-state index contributed by atoms with van der Waals surface area (Å²) >= 11 is 0. The van der Waals surface area contributed by atoms with E-state index in [-0.39, 0.29) is 18.5 Å². The van der Waals surface area contributed by atoms with E-state index >= 15 is 0 Å². The van der Waals surface area contributed by atoms with E-state index in [9.17, 15) is 4.39 Å². The number of halogens is 1. The summed E-state index contributed by atoms with van der Waals surface area (Å²) in [6.07, 6.45) is -0.101. The SMILES string of the molecule is CC(OCc1cc(F)ccc1C#N)c1ccccc1. The maximum absolute atomic E-state index is 13.2. The van der Waals surface area contributed by atoms with Gasteiger partial charge in [-0.2, -0.15) is 5.26 Å². The van der Waals surface area contributed by atoms with Crippen LogP contribution in [0.15, 0.2) is 48.5 Å². The number of rotatable bonds is 4. The molecule has 2 aromatic rings. The lowest BCUT2D eigenvalue weighted by molar-refractivity contribution is 0.0523. The number of nitriles is 1. The minimum Gasteiger partial charge on any atom is -0.369 e. The lowest BCUT2D eigenvalue weighted by Gasteiger charge is -2.14. The largest absolute Gasteiger partial charge is 0.369 e. The van der Waals surface area contributed by atoms with Crippen molar-refractivity contribution in [1.29, 1.82) is 5.26 Å². The standard InChI is InChI=1S/C16H14FNO/c1-12(13-5-3-2-4-6-13)19-11-15-9-16(17)8-7-14(15)10-18/h2-9,12H,11H2,1H3. The Kier molecular flexibility index (Phi) is 4.27. The monoisotopic (exact) mass is 255 g/mol. The lowest BCUT2D eigenvalue weighted by atomic mass is 10.1. The van der Waals surface area contributed by atoms with E-state index in [1.54, 1.807) is 0 Å². The molecule has 0 aliphatic rings. The maximum atomic E-state index is 13.2. The smallest absolute Gasteiger partial charge is 0.123 e. The van der Waals surface area contributed by atoms with Crippen LogP contribution in [-0.4, -0.2) is 0 Å². The Bertz CT molecular complexity index is 589. The molecule has 2 aromatic carbocycles. The molecule has 0 aliphatic carbocycles. The van der Waals surface area contributed by atoms with Crippen molar-refractivity contribution in [3.8, 4) is 6.07 Å². The van der Waals surface area contributed by atoms with Crippen LogP contribution in [0.4, 0.5) is 4.39 Å². The number of nitrogens with zero attached hydrogens (tertiary/aromatic N) is 1. The molecule has 0 radical (unpaired) electrons. The zero-order valence-electron chi connectivity index (χ0n) is 10.6. The van der Waals surface area contributed by atoms with Crippen LogP contribution in [-0.2, 0) is 11.3 Å². The third-order valence-corrected chi connectivity index (χ3v) is 2.95. The summed E-state index contributed by atoms with van der Waals surface area (Å²) in [5.41, 5.74) is 2.07. The molecule has 0 aromatic heterocycles. The van der Waals surface area contributed by atoms with Crippen molar-refractivity contribution in [3.05, 3.63) is 71.0 Å². The van der Waals surface area contributed by atoms with Gasteiger partial charge in [-0.05, 0) is 36.2 Å². The van der Waals surface area contributed by atoms with Gasteiger partial charge in [0.15, 0.2) is 0 Å². The predicted octanol–water partition coefficient (Wildman–Crippen LogP) is 3.98. The molecular formula is C16H14FNO. The van der Waals surface area contributed by atoms with E-state index in [1.165, 1.54) is 18.2 Å². The summed E-state index contributed by atoms with van der Waals surface area (Å²) in [6.45, 7) is 2.15. The summed E-state index contributed by atoms with van der Waals surface area (Å²) in [7, 11) is 0. The van der Waals surface area contributed by atoms with Crippen LogP contribution in [0.1, 0.15) is 29.7 Å². The Morgan fingerprint density at radius 3 is 2.63 bits per heavy atom. The van der Waals surface area contributed by atoms with E-state index in [0.29, 0.717) is 11.1 Å². The lowest BCUT2D eigenvalue weighted by Crippen LogP contribution is -2.02. The Hall–Kier alpha value is -2.18. The number of benzene rings is 2. The fourth-order valence-corrected chi connectivity index (χ4v) is 1.83. The van der Waals surface area contributed by atoms with Crippen LogP contribution in [0.25, 0.3) is 0 Å². The number of ether oxygens (including phenoxy) is 1. The number of hydrogen-bond donors (Lipinski definition) is 0. The van der Waals surface area contributed by atoms with Gasteiger partial charge >= 0.3 is 0 Å². The minimum atomic E-state index is -0.357. The second-order valence-corrected chi connectivity index (χ2v) is 4.28. The third kappa shape index (κ3) is 3.40. The van der Waals surface area contributed by atoms with Gasteiger partial charge in [0.1, 0.15) is 5.82 Å². The molecule has 1 atom stereocenters. The highest BCUT2D eigenvalue weighted by Gasteiger charge is 2.08. The Morgan fingerprint density at radius 1 is 1.21 bits per heavy atom. The van der Waals surface area contributed by atoms with Crippen LogP contribution >= 0.6 is 0 Å². The molecule has 0 aliphatic heterocycles. The average molecular weight is 255 g/mol. The predicted molar refractivity (Wildman–Crippen MR) is 70.8 cm³/mol. The Morgan fingerprint density at radius 2 is 1.95 bits per heavy atom. The highest BCUT2D eigenvalue weighted by molar-refractivity contribution is 5.37. The molecule has 0 amide bonds. The molecule has 19 heavy (non-hydrogen) atoms. The van der Waals surface area contributed by atoms with E-state index in [4.69, 9.17) is 10.00 Å². The second-order valence-electron chi connectivity index (χ2n) is 4.28. The molecule has 96 valence electrons. The normalized spacial score (nSPS) is 11.8. The van der Waals surface area contributed by atoms with Crippen LogP contribution in [0.5, 0.6) is 0 Å². The van der Waals surface area contributed by atoms with Crippen molar-refractivity contribution < 1.29 is 9.13 Å². The van der Waals surface area contributed by atoms with Crippen molar-refractivity contribution in [3.63, 3.8) is 0 Å². The van der Waals surface area contributed by atoms with E-state index in [2.05, 4.69) is 0 Å². The van der Waals surface area contributed by atoms with Gasteiger partial charge in [0.2, 0.25) is 0 Å². The second kappa shape index (κ2) is 6.12. The van der Waals surface area contributed by atoms with Crippen LogP contribution < -0.4 is 0 Å². The summed E-state index contributed by atoms with van der Waals surface area (Å²) < 4.78 is 18.9. The molecule has 3 heteroatoms. The zero-order chi connectivity index (χ0) is 13.7. The quantitative estimate of drug-likeness (QED) is 0.828. The van der Waals surface area contributed by atoms with Gasteiger partial charge < -0.3 is 4.74 Å². The molecule has 2 rings (SSSR count). The first kappa shape index (κ1) is 13.3. The van der Waals surface area contributed by atoms with Crippen molar-refractivity contribution in [2.24, 2.45) is 0 Å². The molecule has 0 saturated heterocycles. The van der Waals surface area contributed by atoms with Gasteiger partial charge in [0.25, 0.3) is 0 Å². The van der Waals surface area contributed by atoms with E-state index in [0.717, 1.165) is 5.56 Å². The zero-order valence-corrected chi connectivity index (χ0v) is 10.6. The van der Waals surface area contributed by atoms with Crippen LogP contribution in [0.2, 0.25) is 0 Å². The minimum absolute atomic E-state index is 0.101. The number of hydrogen-bond acceptors (Lipinski definition) is 2.